The Kier molecular flexibility index (Phi) is 7.40. The number of piperidine rings is 1. The summed E-state index contributed by atoms with van der Waals surface area (Å²) in [6, 6.07) is 5.60. The lowest BCUT2D eigenvalue weighted by molar-refractivity contribution is -0.138. The molecule has 0 aliphatic carbocycles. The number of anilines is 1. The van der Waals surface area contributed by atoms with Gasteiger partial charge < -0.3 is 14.5 Å². The number of ether oxygens (including phenoxy) is 1. The largest absolute Gasteiger partial charge is 0.416 e. The van der Waals surface area contributed by atoms with E-state index in [1.165, 1.54) is 19.2 Å². The number of alkyl halides is 3. The van der Waals surface area contributed by atoms with Crippen molar-refractivity contribution in [3.63, 3.8) is 0 Å². The number of halogens is 3. The Labute approximate surface area is 170 Å². The highest BCUT2D eigenvalue weighted by Crippen LogP contribution is 2.32. The Morgan fingerprint density at radius 1 is 1.10 bits per heavy atom. The average Bonchev–Trinajstić information content (AvgIpc) is 2.73. The molecule has 0 bridgehead atoms. The summed E-state index contributed by atoms with van der Waals surface area (Å²) in [7, 11) is 1.54. The molecule has 0 atom stereocenters. The van der Waals surface area contributed by atoms with Gasteiger partial charge in [0.15, 0.2) is 0 Å². The smallest absolute Gasteiger partial charge is 0.375 e. The van der Waals surface area contributed by atoms with Crippen LogP contribution in [0, 0.1) is 5.92 Å². The number of amides is 1. The summed E-state index contributed by atoms with van der Waals surface area (Å²) in [4.78, 5) is 18.2. The van der Waals surface area contributed by atoms with Crippen LogP contribution in [-0.4, -0.2) is 75.2 Å². The van der Waals surface area contributed by atoms with Crippen molar-refractivity contribution in [1.82, 2.24) is 9.80 Å². The van der Waals surface area contributed by atoms with Crippen molar-refractivity contribution in [3.05, 3.63) is 29.8 Å². The first-order valence-electron chi connectivity index (χ1n) is 10.3. The Balaban J connectivity index is 1.39. The number of hydrogen-bond donors (Lipinski definition) is 0. The molecule has 0 aromatic heterocycles. The third kappa shape index (κ3) is 6.09. The van der Waals surface area contributed by atoms with Crippen LogP contribution in [0.1, 0.15) is 24.8 Å². The zero-order valence-electron chi connectivity index (χ0n) is 17.0. The minimum absolute atomic E-state index is 0.0664. The first kappa shape index (κ1) is 21.9. The van der Waals surface area contributed by atoms with Crippen LogP contribution < -0.4 is 4.90 Å². The highest BCUT2D eigenvalue weighted by atomic mass is 19.4. The van der Waals surface area contributed by atoms with Crippen LogP contribution >= 0.6 is 0 Å². The fourth-order valence-electron chi connectivity index (χ4n) is 4.16. The molecule has 5 nitrogen and oxygen atoms in total. The Morgan fingerprint density at radius 3 is 2.41 bits per heavy atom. The summed E-state index contributed by atoms with van der Waals surface area (Å²) in [5.41, 5.74) is 0.0559. The van der Waals surface area contributed by atoms with Crippen LogP contribution in [-0.2, 0) is 15.7 Å². The van der Waals surface area contributed by atoms with Gasteiger partial charge in [0.2, 0.25) is 5.91 Å². The van der Waals surface area contributed by atoms with E-state index < -0.39 is 11.7 Å². The Morgan fingerprint density at radius 2 is 1.79 bits per heavy atom. The second kappa shape index (κ2) is 9.80. The zero-order valence-corrected chi connectivity index (χ0v) is 17.0. The van der Waals surface area contributed by atoms with Gasteiger partial charge in [-0.25, -0.2) is 0 Å². The second-order valence-electron chi connectivity index (χ2n) is 7.92. The average molecular weight is 413 g/mol. The number of likely N-dealkylation sites (tertiary alicyclic amines) is 1. The lowest BCUT2D eigenvalue weighted by Crippen LogP contribution is -2.47. The van der Waals surface area contributed by atoms with Gasteiger partial charge >= 0.3 is 6.18 Å². The maximum Gasteiger partial charge on any atom is 0.416 e. The molecule has 0 spiro atoms. The summed E-state index contributed by atoms with van der Waals surface area (Å²) in [6.45, 7) is 5.97. The summed E-state index contributed by atoms with van der Waals surface area (Å²) < 4.78 is 43.7. The minimum atomic E-state index is -4.30. The van der Waals surface area contributed by atoms with Crippen molar-refractivity contribution in [3.8, 4) is 0 Å². The van der Waals surface area contributed by atoms with E-state index in [0.717, 1.165) is 71.1 Å². The molecule has 1 aromatic carbocycles. The molecule has 0 unspecified atom stereocenters. The van der Waals surface area contributed by atoms with Crippen LogP contribution in [0.5, 0.6) is 0 Å². The van der Waals surface area contributed by atoms with Crippen LogP contribution in [0.2, 0.25) is 0 Å². The van der Waals surface area contributed by atoms with Gasteiger partial charge in [-0.3, -0.25) is 9.69 Å². The fraction of sp³-hybridized carbons (Fsp3) is 0.667. The van der Waals surface area contributed by atoms with Crippen LogP contribution in [0.25, 0.3) is 0 Å². The van der Waals surface area contributed by atoms with Crippen molar-refractivity contribution in [2.75, 3.05) is 64.4 Å². The van der Waals surface area contributed by atoms with Crippen molar-refractivity contribution in [2.45, 2.75) is 25.4 Å². The van der Waals surface area contributed by atoms with Crippen LogP contribution in [0.15, 0.2) is 24.3 Å². The highest BCUT2D eigenvalue weighted by Gasteiger charge is 2.31. The van der Waals surface area contributed by atoms with Gasteiger partial charge in [0, 0.05) is 52.1 Å². The van der Waals surface area contributed by atoms with E-state index in [2.05, 4.69) is 4.90 Å². The lowest BCUT2D eigenvalue weighted by atomic mass is 9.93. The molecule has 162 valence electrons. The number of benzene rings is 1. The van der Waals surface area contributed by atoms with Gasteiger partial charge in [-0.1, -0.05) is 6.07 Å². The third-order valence-corrected chi connectivity index (χ3v) is 6.00. The summed E-state index contributed by atoms with van der Waals surface area (Å²) in [6.07, 6.45) is -1.14. The van der Waals surface area contributed by atoms with Gasteiger partial charge in [0.25, 0.3) is 0 Å². The normalized spacial score (nSPS) is 19.6. The quantitative estimate of drug-likeness (QED) is 0.718. The minimum Gasteiger partial charge on any atom is -0.375 e. The van der Waals surface area contributed by atoms with E-state index in [1.807, 2.05) is 9.80 Å². The second-order valence-corrected chi connectivity index (χ2v) is 7.92. The van der Waals surface area contributed by atoms with Gasteiger partial charge in [-0.15, -0.1) is 0 Å². The monoisotopic (exact) mass is 413 g/mol. The van der Waals surface area contributed by atoms with Gasteiger partial charge in [-0.05, 0) is 49.9 Å². The molecule has 2 aliphatic heterocycles. The van der Waals surface area contributed by atoms with Gasteiger partial charge in [0.05, 0.1) is 5.56 Å². The van der Waals surface area contributed by atoms with Gasteiger partial charge in [-0.2, -0.15) is 13.2 Å². The van der Waals surface area contributed by atoms with Crippen molar-refractivity contribution in [2.24, 2.45) is 5.92 Å². The maximum atomic E-state index is 12.9. The Hall–Kier alpha value is -1.80. The SMILES string of the molecule is COCC(=O)N1CCC(CCN2CCN(c3cccc(C(F)(F)F)c3)CC2)CC1. The number of methoxy groups -OCH3 is 1. The molecule has 8 heteroatoms. The lowest BCUT2D eigenvalue weighted by Gasteiger charge is -2.37. The van der Waals surface area contributed by atoms with E-state index in [1.54, 1.807) is 6.07 Å². The molecule has 2 fully saturated rings. The van der Waals surface area contributed by atoms with Crippen LogP contribution in [0.4, 0.5) is 18.9 Å². The maximum absolute atomic E-state index is 12.9. The van der Waals surface area contributed by atoms with E-state index >= 15 is 0 Å². The van der Waals surface area contributed by atoms with E-state index in [4.69, 9.17) is 4.74 Å². The molecule has 3 rings (SSSR count). The molecular formula is C21H30F3N3O2. The zero-order chi connectivity index (χ0) is 20.9. The number of carbonyl (C=O) groups excluding carboxylic acids is 1. The molecule has 0 radical (unpaired) electrons. The first-order chi connectivity index (χ1) is 13.9. The summed E-state index contributed by atoms with van der Waals surface area (Å²) in [5.74, 6) is 0.694. The van der Waals surface area contributed by atoms with Gasteiger partial charge in [0.1, 0.15) is 6.61 Å². The number of piperazine rings is 1. The van der Waals surface area contributed by atoms with E-state index in [0.29, 0.717) is 11.6 Å². The first-order valence-corrected chi connectivity index (χ1v) is 10.3. The molecule has 1 aromatic rings. The Bertz CT molecular complexity index is 667. The number of hydrogen-bond acceptors (Lipinski definition) is 4. The molecule has 2 aliphatic rings. The van der Waals surface area contributed by atoms with Crippen LogP contribution in [0.3, 0.4) is 0 Å². The predicted octanol–water partition coefficient (Wildman–Crippen LogP) is 3.10. The summed E-state index contributed by atoms with van der Waals surface area (Å²) >= 11 is 0. The fourth-order valence-corrected chi connectivity index (χ4v) is 4.16. The topological polar surface area (TPSA) is 36.0 Å². The number of rotatable bonds is 6. The van der Waals surface area contributed by atoms with E-state index in [-0.39, 0.29) is 12.5 Å². The number of nitrogens with zero attached hydrogens (tertiary/aromatic N) is 3. The predicted molar refractivity (Wildman–Crippen MR) is 106 cm³/mol. The number of carbonyl (C=O) groups is 1. The molecule has 2 heterocycles. The molecule has 29 heavy (non-hydrogen) atoms. The molecule has 1 amide bonds. The van der Waals surface area contributed by atoms with Crippen molar-refractivity contribution in [1.29, 1.82) is 0 Å². The molecule has 0 saturated carbocycles. The molecule has 0 N–H and O–H groups in total. The standard InChI is InChI=1S/C21H30F3N3O2/c1-29-16-20(28)27-9-6-17(7-10-27)5-8-25-11-13-26(14-12-25)19-4-2-3-18(15-19)21(22,23)24/h2-4,15,17H,5-14,16H2,1H3. The highest BCUT2D eigenvalue weighted by molar-refractivity contribution is 5.77. The molecular weight excluding hydrogens is 383 g/mol. The van der Waals surface area contributed by atoms with Crippen molar-refractivity contribution >= 4 is 11.6 Å². The summed E-state index contributed by atoms with van der Waals surface area (Å²) in [5, 5.41) is 0. The van der Waals surface area contributed by atoms with Crippen molar-refractivity contribution < 1.29 is 22.7 Å². The third-order valence-electron chi connectivity index (χ3n) is 6.00. The van der Waals surface area contributed by atoms with E-state index in [9.17, 15) is 18.0 Å². The molecule has 2 saturated heterocycles.